The molecule has 0 amide bonds. The number of hydrogen-bond donors (Lipinski definition) is 1. The molecule has 7 heteroatoms. The van der Waals surface area contributed by atoms with Gasteiger partial charge in [-0.2, -0.15) is 0 Å². The third kappa shape index (κ3) is 4.94. The zero-order valence-corrected chi connectivity index (χ0v) is 19.1. The van der Waals surface area contributed by atoms with Gasteiger partial charge in [-0.15, -0.1) is 0 Å². The summed E-state index contributed by atoms with van der Waals surface area (Å²) in [5.74, 6) is -0.758. The zero-order chi connectivity index (χ0) is 23.3. The Labute approximate surface area is 194 Å². The molecule has 172 valence electrons. The number of sulfone groups is 1. The molecule has 0 bridgehead atoms. The van der Waals surface area contributed by atoms with Crippen LogP contribution >= 0.6 is 0 Å². The zero-order valence-electron chi connectivity index (χ0n) is 18.3. The van der Waals surface area contributed by atoms with Crippen LogP contribution in [0.4, 0.5) is 0 Å². The molecular formula is C26H27NO5S. The van der Waals surface area contributed by atoms with Gasteiger partial charge in [0.1, 0.15) is 12.4 Å². The van der Waals surface area contributed by atoms with Crippen molar-refractivity contribution in [3.05, 3.63) is 96.1 Å². The molecule has 0 aliphatic carbocycles. The molecule has 33 heavy (non-hydrogen) atoms. The fraction of sp³-hybridized carbons (Fsp3) is 0.269. The Kier molecular flexibility index (Phi) is 6.81. The summed E-state index contributed by atoms with van der Waals surface area (Å²) in [7, 11) is -4.08. The van der Waals surface area contributed by atoms with Crippen LogP contribution in [0.15, 0.2) is 89.8 Å². The summed E-state index contributed by atoms with van der Waals surface area (Å²) in [6.07, 6.45) is 0.0908. The minimum atomic E-state index is -4.08. The second-order valence-electron chi connectivity index (χ2n) is 8.31. The highest BCUT2D eigenvalue weighted by Gasteiger charge is 2.53. The van der Waals surface area contributed by atoms with E-state index in [4.69, 9.17) is 4.74 Å². The molecule has 1 fully saturated rings. The van der Waals surface area contributed by atoms with E-state index < -0.39 is 20.6 Å². The van der Waals surface area contributed by atoms with Gasteiger partial charge in [-0.3, -0.25) is 9.69 Å². The lowest BCUT2D eigenvalue weighted by Gasteiger charge is -2.38. The largest absolute Gasteiger partial charge is 0.489 e. The summed E-state index contributed by atoms with van der Waals surface area (Å²) in [4.78, 5) is 14.4. The standard InChI is InChI=1S/C26H27NO5S/c28-25(29)26(15-17-27(18-16-26)19-21-7-3-1-4-8-21)33(30,31)24-13-11-23(12-14-24)32-20-22-9-5-2-6-10-22/h1-14H,15-20H2,(H,28,29). The van der Waals surface area contributed by atoms with E-state index >= 15 is 0 Å². The molecule has 1 heterocycles. The molecule has 0 atom stereocenters. The Morgan fingerprint density at radius 2 is 1.39 bits per heavy atom. The fourth-order valence-electron chi connectivity index (χ4n) is 4.19. The lowest BCUT2D eigenvalue weighted by molar-refractivity contribution is -0.141. The first kappa shape index (κ1) is 23.0. The van der Waals surface area contributed by atoms with Gasteiger partial charge >= 0.3 is 5.97 Å². The van der Waals surface area contributed by atoms with E-state index in [1.807, 2.05) is 60.7 Å². The molecule has 1 aliphatic heterocycles. The molecule has 6 nitrogen and oxygen atoms in total. The Balaban J connectivity index is 1.46. The molecule has 0 radical (unpaired) electrons. The second-order valence-corrected chi connectivity index (χ2v) is 10.6. The van der Waals surface area contributed by atoms with E-state index in [0.29, 0.717) is 32.0 Å². The van der Waals surface area contributed by atoms with Crippen molar-refractivity contribution < 1.29 is 23.1 Å². The van der Waals surface area contributed by atoms with Gasteiger partial charge in [-0.05, 0) is 48.2 Å². The molecule has 0 aromatic heterocycles. The van der Waals surface area contributed by atoms with Crippen LogP contribution in [-0.4, -0.2) is 42.2 Å². The Hall–Kier alpha value is -3.16. The molecule has 0 saturated carbocycles. The molecule has 0 spiro atoms. The van der Waals surface area contributed by atoms with E-state index in [1.165, 1.54) is 12.1 Å². The number of benzene rings is 3. The van der Waals surface area contributed by atoms with Gasteiger partial charge in [0.2, 0.25) is 0 Å². The molecule has 1 N–H and O–H groups in total. The third-order valence-corrected chi connectivity index (χ3v) is 8.70. The van der Waals surface area contributed by atoms with Crippen LogP contribution in [0.3, 0.4) is 0 Å². The van der Waals surface area contributed by atoms with Crippen LogP contribution < -0.4 is 4.74 Å². The van der Waals surface area contributed by atoms with Crippen LogP contribution in [0.25, 0.3) is 0 Å². The van der Waals surface area contributed by atoms with Crippen molar-refractivity contribution >= 4 is 15.8 Å². The summed E-state index contributed by atoms with van der Waals surface area (Å²) < 4.78 is 30.8. The molecule has 0 unspecified atom stereocenters. The van der Waals surface area contributed by atoms with Crippen LogP contribution in [-0.2, 0) is 27.8 Å². The number of carboxylic acid groups (broad SMARTS) is 1. The van der Waals surface area contributed by atoms with Gasteiger partial charge in [0.05, 0.1) is 4.90 Å². The molecule has 3 aromatic carbocycles. The molecule has 3 aromatic rings. The number of ether oxygens (including phenoxy) is 1. The molecule has 1 saturated heterocycles. The Morgan fingerprint density at radius 1 is 0.848 bits per heavy atom. The maximum absolute atomic E-state index is 13.5. The number of rotatable bonds is 8. The smallest absolute Gasteiger partial charge is 0.325 e. The minimum Gasteiger partial charge on any atom is -0.489 e. The monoisotopic (exact) mass is 465 g/mol. The van der Waals surface area contributed by atoms with E-state index in [9.17, 15) is 18.3 Å². The number of piperidine rings is 1. The van der Waals surface area contributed by atoms with E-state index in [1.54, 1.807) is 12.1 Å². The van der Waals surface area contributed by atoms with Crippen molar-refractivity contribution in [2.24, 2.45) is 0 Å². The van der Waals surface area contributed by atoms with Gasteiger partial charge < -0.3 is 9.84 Å². The van der Waals surface area contributed by atoms with Crippen LogP contribution in [0.1, 0.15) is 24.0 Å². The highest BCUT2D eigenvalue weighted by atomic mass is 32.2. The number of aliphatic carboxylic acids is 1. The van der Waals surface area contributed by atoms with E-state index in [2.05, 4.69) is 4.90 Å². The predicted molar refractivity (Wildman–Crippen MR) is 126 cm³/mol. The first-order valence-electron chi connectivity index (χ1n) is 10.9. The normalized spacial score (nSPS) is 16.2. The van der Waals surface area contributed by atoms with Gasteiger partial charge in [0.25, 0.3) is 0 Å². The summed E-state index contributed by atoms with van der Waals surface area (Å²) in [5.41, 5.74) is 2.12. The summed E-state index contributed by atoms with van der Waals surface area (Å²) >= 11 is 0. The lowest BCUT2D eigenvalue weighted by Crippen LogP contribution is -2.54. The summed E-state index contributed by atoms with van der Waals surface area (Å²) in [5, 5.41) is 10.0. The predicted octanol–water partition coefficient (Wildman–Crippen LogP) is 4.16. The van der Waals surface area contributed by atoms with Crippen LogP contribution in [0.5, 0.6) is 5.75 Å². The van der Waals surface area contributed by atoms with Gasteiger partial charge in [-0.1, -0.05) is 60.7 Å². The quantitative estimate of drug-likeness (QED) is 0.538. The highest BCUT2D eigenvalue weighted by Crippen LogP contribution is 2.37. The van der Waals surface area contributed by atoms with Gasteiger partial charge in [-0.25, -0.2) is 8.42 Å². The maximum atomic E-state index is 13.5. The number of carbonyl (C=O) groups is 1. The van der Waals surface area contributed by atoms with Crippen molar-refractivity contribution in [2.75, 3.05) is 13.1 Å². The maximum Gasteiger partial charge on any atom is 0.325 e. The topological polar surface area (TPSA) is 83.9 Å². The van der Waals surface area contributed by atoms with Crippen molar-refractivity contribution in [3.8, 4) is 5.75 Å². The average Bonchev–Trinajstić information content (AvgIpc) is 2.84. The molecule has 4 rings (SSSR count). The van der Waals surface area contributed by atoms with Crippen molar-refractivity contribution in [2.45, 2.75) is 35.6 Å². The molecule has 1 aliphatic rings. The first-order chi connectivity index (χ1) is 15.9. The van der Waals surface area contributed by atoms with Gasteiger partial charge in [0.15, 0.2) is 14.6 Å². The van der Waals surface area contributed by atoms with Crippen molar-refractivity contribution in [1.29, 1.82) is 0 Å². The summed E-state index contributed by atoms with van der Waals surface area (Å²) in [6.45, 7) is 1.84. The van der Waals surface area contributed by atoms with E-state index in [-0.39, 0.29) is 17.7 Å². The van der Waals surface area contributed by atoms with Crippen molar-refractivity contribution in [3.63, 3.8) is 0 Å². The highest BCUT2D eigenvalue weighted by molar-refractivity contribution is 7.93. The number of nitrogens with zero attached hydrogens (tertiary/aromatic N) is 1. The lowest BCUT2D eigenvalue weighted by atomic mass is 9.95. The first-order valence-corrected chi connectivity index (χ1v) is 12.4. The Bertz CT molecular complexity index is 1170. The van der Waals surface area contributed by atoms with Crippen LogP contribution in [0.2, 0.25) is 0 Å². The van der Waals surface area contributed by atoms with Crippen LogP contribution in [0, 0.1) is 0 Å². The third-order valence-electron chi connectivity index (χ3n) is 6.20. The Morgan fingerprint density at radius 3 is 1.94 bits per heavy atom. The van der Waals surface area contributed by atoms with Gasteiger partial charge in [0, 0.05) is 19.6 Å². The minimum absolute atomic E-state index is 0.00784. The molecular weight excluding hydrogens is 438 g/mol. The average molecular weight is 466 g/mol. The summed E-state index contributed by atoms with van der Waals surface area (Å²) in [6, 6.07) is 25.6. The SMILES string of the molecule is O=C(O)C1(S(=O)(=O)c2ccc(OCc3ccccc3)cc2)CCN(Cc2ccccc2)CC1. The van der Waals surface area contributed by atoms with E-state index in [0.717, 1.165) is 11.1 Å². The second kappa shape index (κ2) is 9.77. The number of likely N-dealkylation sites (tertiary alicyclic amines) is 1. The number of carboxylic acids is 1. The number of hydrogen-bond acceptors (Lipinski definition) is 5. The van der Waals surface area contributed by atoms with Crippen molar-refractivity contribution in [1.82, 2.24) is 4.90 Å². The fourth-order valence-corrected chi connectivity index (χ4v) is 6.09.